The van der Waals surface area contributed by atoms with E-state index in [2.05, 4.69) is 6.92 Å². The second-order valence-corrected chi connectivity index (χ2v) is 7.85. The molecule has 0 aromatic heterocycles. The third-order valence-corrected chi connectivity index (χ3v) is 5.05. The molecule has 0 spiro atoms. The summed E-state index contributed by atoms with van der Waals surface area (Å²) in [7, 11) is 1.61. The fraction of sp³-hybridized carbons (Fsp3) is 0.720. The summed E-state index contributed by atoms with van der Waals surface area (Å²) in [5, 5.41) is 0. The molecule has 0 aliphatic carbocycles. The summed E-state index contributed by atoms with van der Waals surface area (Å²) in [4.78, 5) is 12.1. The highest BCUT2D eigenvalue weighted by Gasteiger charge is 2.14. The molecular formula is C25H42O4. The fourth-order valence-corrected chi connectivity index (χ4v) is 3.36. The van der Waals surface area contributed by atoms with Gasteiger partial charge in [-0.05, 0) is 12.0 Å². The Morgan fingerprint density at radius 1 is 0.828 bits per heavy atom. The van der Waals surface area contributed by atoms with Crippen molar-refractivity contribution in [2.45, 2.75) is 96.7 Å². The van der Waals surface area contributed by atoms with Gasteiger partial charge in [0.1, 0.15) is 6.10 Å². The number of carbonyl (C=O) groups is 1. The number of hydrogen-bond donors (Lipinski definition) is 0. The van der Waals surface area contributed by atoms with E-state index in [9.17, 15) is 4.79 Å². The molecule has 1 unspecified atom stereocenters. The molecule has 0 aliphatic heterocycles. The summed E-state index contributed by atoms with van der Waals surface area (Å²) < 4.78 is 16.4. The van der Waals surface area contributed by atoms with Gasteiger partial charge in [-0.2, -0.15) is 0 Å². The van der Waals surface area contributed by atoms with Gasteiger partial charge in [0.05, 0.1) is 19.8 Å². The van der Waals surface area contributed by atoms with Crippen LogP contribution < -0.4 is 0 Å². The molecule has 0 N–H and O–H groups in total. The third kappa shape index (κ3) is 15.2. The predicted octanol–water partition coefficient (Wildman–Crippen LogP) is 6.46. The van der Waals surface area contributed by atoms with E-state index in [0.29, 0.717) is 26.2 Å². The van der Waals surface area contributed by atoms with E-state index in [-0.39, 0.29) is 12.1 Å². The van der Waals surface area contributed by atoms with Gasteiger partial charge in [0.2, 0.25) is 0 Å². The van der Waals surface area contributed by atoms with Gasteiger partial charge in [-0.1, -0.05) is 101 Å². The van der Waals surface area contributed by atoms with Gasteiger partial charge in [-0.15, -0.1) is 0 Å². The molecule has 4 nitrogen and oxygen atoms in total. The van der Waals surface area contributed by atoms with Gasteiger partial charge in [-0.3, -0.25) is 4.79 Å². The van der Waals surface area contributed by atoms with Crippen molar-refractivity contribution in [2.75, 3.05) is 20.3 Å². The Morgan fingerprint density at radius 2 is 1.41 bits per heavy atom. The molecule has 0 amide bonds. The van der Waals surface area contributed by atoms with Crippen LogP contribution in [0.1, 0.15) is 89.5 Å². The Kier molecular flexibility index (Phi) is 16.5. The Bertz CT molecular complexity index is 489. The maximum Gasteiger partial charge on any atom is 0.306 e. The van der Waals surface area contributed by atoms with E-state index in [1.54, 1.807) is 7.11 Å². The molecule has 29 heavy (non-hydrogen) atoms. The summed E-state index contributed by atoms with van der Waals surface area (Å²) in [6.07, 6.45) is 14.2. The number of hydrogen-bond acceptors (Lipinski definition) is 4. The minimum atomic E-state index is -0.344. The quantitative estimate of drug-likeness (QED) is 0.195. The molecule has 0 saturated carbocycles. The van der Waals surface area contributed by atoms with Crippen LogP contribution in [-0.2, 0) is 25.6 Å². The van der Waals surface area contributed by atoms with Crippen LogP contribution >= 0.6 is 0 Å². The van der Waals surface area contributed by atoms with Gasteiger partial charge in [0.25, 0.3) is 0 Å². The van der Waals surface area contributed by atoms with Crippen molar-refractivity contribution in [3.05, 3.63) is 35.9 Å². The van der Waals surface area contributed by atoms with Crippen LogP contribution in [-0.4, -0.2) is 32.4 Å². The number of esters is 1. The van der Waals surface area contributed by atoms with Crippen LogP contribution in [0.25, 0.3) is 0 Å². The molecule has 1 atom stereocenters. The number of methoxy groups -OCH3 is 1. The molecule has 0 heterocycles. The Morgan fingerprint density at radius 3 is 2.00 bits per heavy atom. The first kappa shape index (κ1) is 25.6. The van der Waals surface area contributed by atoms with Crippen molar-refractivity contribution >= 4 is 5.97 Å². The summed E-state index contributed by atoms with van der Waals surface area (Å²) in [5.74, 6) is -0.147. The third-order valence-electron chi connectivity index (χ3n) is 5.05. The molecule has 0 saturated heterocycles. The van der Waals surface area contributed by atoms with Crippen molar-refractivity contribution in [1.29, 1.82) is 0 Å². The lowest BCUT2D eigenvalue weighted by atomic mass is 10.1. The summed E-state index contributed by atoms with van der Waals surface area (Å²) >= 11 is 0. The van der Waals surface area contributed by atoms with Crippen LogP contribution in [0.4, 0.5) is 0 Å². The summed E-state index contributed by atoms with van der Waals surface area (Å²) in [6, 6.07) is 9.99. The minimum Gasteiger partial charge on any atom is -0.457 e. The topological polar surface area (TPSA) is 44.8 Å². The molecule has 0 bridgehead atoms. The average Bonchev–Trinajstić information content (AvgIpc) is 2.73. The van der Waals surface area contributed by atoms with E-state index < -0.39 is 0 Å². The Labute approximate surface area is 178 Å². The van der Waals surface area contributed by atoms with Crippen LogP contribution in [0.2, 0.25) is 0 Å². The zero-order valence-corrected chi connectivity index (χ0v) is 18.7. The highest BCUT2D eigenvalue weighted by Crippen LogP contribution is 2.12. The van der Waals surface area contributed by atoms with E-state index in [0.717, 1.165) is 18.4 Å². The van der Waals surface area contributed by atoms with Gasteiger partial charge in [0.15, 0.2) is 0 Å². The van der Waals surface area contributed by atoms with E-state index in [4.69, 9.17) is 14.2 Å². The van der Waals surface area contributed by atoms with Crippen LogP contribution in [0.15, 0.2) is 30.3 Å². The Balaban J connectivity index is 2.02. The zero-order chi connectivity index (χ0) is 21.0. The predicted molar refractivity (Wildman–Crippen MR) is 119 cm³/mol. The molecule has 4 heteroatoms. The largest absolute Gasteiger partial charge is 0.457 e. The zero-order valence-electron chi connectivity index (χ0n) is 18.7. The second kappa shape index (κ2) is 18.6. The fourth-order valence-electron chi connectivity index (χ4n) is 3.36. The monoisotopic (exact) mass is 406 g/mol. The molecule has 1 aromatic carbocycles. The van der Waals surface area contributed by atoms with Gasteiger partial charge in [-0.25, -0.2) is 0 Å². The molecule has 1 rings (SSSR count). The molecule has 0 aliphatic rings. The maximum absolute atomic E-state index is 12.1. The molecule has 166 valence electrons. The van der Waals surface area contributed by atoms with Crippen molar-refractivity contribution < 1.29 is 19.0 Å². The average molecular weight is 407 g/mol. The molecular weight excluding hydrogens is 364 g/mol. The van der Waals surface area contributed by atoms with E-state index in [1.165, 1.54) is 57.8 Å². The maximum atomic E-state index is 12.1. The van der Waals surface area contributed by atoms with E-state index >= 15 is 0 Å². The highest BCUT2D eigenvalue weighted by atomic mass is 16.6. The standard InChI is InChI=1S/C25H42O4/c1-3-4-5-6-7-8-9-10-11-12-16-19-25(26)29-24(21-27-2)22-28-20-23-17-14-13-15-18-23/h13-15,17-18,24H,3-12,16,19-22H2,1-2H3. The van der Waals surface area contributed by atoms with E-state index in [1.807, 2.05) is 30.3 Å². The summed E-state index contributed by atoms with van der Waals surface area (Å²) in [5.41, 5.74) is 1.11. The second-order valence-electron chi connectivity index (χ2n) is 7.85. The molecule has 0 fully saturated rings. The smallest absolute Gasteiger partial charge is 0.306 e. The van der Waals surface area contributed by atoms with Crippen molar-refractivity contribution in [1.82, 2.24) is 0 Å². The normalized spacial score (nSPS) is 12.1. The number of rotatable bonds is 19. The van der Waals surface area contributed by atoms with Crippen molar-refractivity contribution in [3.63, 3.8) is 0 Å². The van der Waals surface area contributed by atoms with Crippen molar-refractivity contribution in [3.8, 4) is 0 Å². The first-order valence-electron chi connectivity index (χ1n) is 11.6. The minimum absolute atomic E-state index is 0.147. The first-order chi connectivity index (χ1) is 14.3. The number of benzene rings is 1. The van der Waals surface area contributed by atoms with Crippen LogP contribution in [0.3, 0.4) is 0 Å². The van der Waals surface area contributed by atoms with Gasteiger partial charge in [0, 0.05) is 13.5 Å². The Hall–Kier alpha value is -1.39. The summed E-state index contributed by atoms with van der Waals surface area (Å²) in [6.45, 7) is 3.48. The van der Waals surface area contributed by atoms with Crippen molar-refractivity contribution in [2.24, 2.45) is 0 Å². The lowest BCUT2D eigenvalue weighted by molar-refractivity contribution is -0.155. The lowest BCUT2D eigenvalue weighted by Gasteiger charge is -2.17. The van der Waals surface area contributed by atoms with Gasteiger partial charge < -0.3 is 14.2 Å². The van der Waals surface area contributed by atoms with Crippen LogP contribution in [0.5, 0.6) is 0 Å². The lowest BCUT2D eigenvalue weighted by Crippen LogP contribution is -2.28. The number of carbonyl (C=O) groups excluding carboxylic acids is 1. The number of unbranched alkanes of at least 4 members (excludes halogenated alkanes) is 10. The van der Waals surface area contributed by atoms with Crippen LogP contribution in [0, 0.1) is 0 Å². The van der Waals surface area contributed by atoms with Gasteiger partial charge >= 0.3 is 5.97 Å². The molecule has 0 radical (unpaired) electrons. The highest BCUT2D eigenvalue weighted by molar-refractivity contribution is 5.69. The number of ether oxygens (including phenoxy) is 3. The molecule has 1 aromatic rings. The first-order valence-corrected chi connectivity index (χ1v) is 11.6. The SMILES string of the molecule is CCCCCCCCCCCCCC(=O)OC(COC)COCc1ccccc1.